The van der Waals surface area contributed by atoms with E-state index in [1.54, 1.807) is 38.3 Å². The molecule has 3 rings (SSSR count). The lowest BCUT2D eigenvalue weighted by Crippen LogP contribution is -2.29. The van der Waals surface area contributed by atoms with E-state index in [2.05, 4.69) is 10.5 Å². The third-order valence-electron chi connectivity index (χ3n) is 4.21. The first kappa shape index (κ1) is 21.0. The minimum atomic E-state index is -0.704. The van der Waals surface area contributed by atoms with Crippen LogP contribution in [0.3, 0.4) is 0 Å². The summed E-state index contributed by atoms with van der Waals surface area (Å²) >= 11 is 0. The van der Waals surface area contributed by atoms with Crippen LogP contribution in [-0.4, -0.2) is 44.7 Å². The minimum absolute atomic E-state index is 0.184. The van der Waals surface area contributed by atoms with E-state index in [0.717, 1.165) is 11.1 Å². The predicted molar refractivity (Wildman–Crippen MR) is 107 cm³/mol. The normalized spacial score (nSPS) is 12.3. The number of oxime groups is 1. The SMILES string of the molecule is COc1ccccc1CNC(=O)COC(=O)CO/N=C(\C)c1ccc2c(c1)OCO2. The first-order valence-corrected chi connectivity index (χ1v) is 9.17. The van der Waals surface area contributed by atoms with Crippen LogP contribution in [0.15, 0.2) is 47.6 Å². The smallest absolute Gasteiger partial charge is 0.347 e. The molecule has 1 amide bonds. The summed E-state index contributed by atoms with van der Waals surface area (Å²) in [5.74, 6) is 0.818. The first-order valence-electron chi connectivity index (χ1n) is 9.17. The molecule has 0 aromatic heterocycles. The number of para-hydroxylation sites is 1. The molecule has 158 valence electrons. The van der Waals surface area contributed by atoms with Gasteiger partial charge in [-0.1, -0.05) is 23.4 Å². The van der Waals surface area contributed by atoms with E-state index >= 15 is 0 Å². The Morgan fingerprint density at radius 2 is 1.90 bits per heavy atom. The molecule has 2 aromatic rings. The van der Waals surface area contributed by atoms with Gasteiger partial charge in [0, 0.05) is 17.7 Å². The van der Waals surface area contributed by atoms with Crippen LogP contribution in [0, 0.1) is 0 Å². The van der Waals surface area contributed by atoms with Crippen LogP contribution in [0.2, 0.25) is 0 Å². The Kier molecular flexibility index (Phi) is 7.09. The molecule has 0 bridgehead atoms. The van der Waals surface area contributed by atoms with E-state index in [9.17, 15) is 9.59 Å². The van der Waals surface area contributed by atoms with Gasteiger partial charge in [0.1, 0.15) is 5.75 Å². The molecule has 0 saturated heterocycles. The van der Waals surface area contributed by atoms with Gasteiger partial charge in [-0.2, -0.15) is 0 Å². The van der Waals surface area contributed by atoms with Crippen molar-refractivity contribution in [3.05, 3.63) is 53.6 Å². The number of carbonyl (C=O) groups is 2. The number of ether oxygens (including phenoxy) is 4. The zero-order chi connectivity index (χ0) is 21.3. The zero-order valence-electron chi connectivity index (χ0n) is 16.7. The number of carbonyl (C=O) groups excluding carboxylic acids is 2. The Balaban J connectivity index is 1.38. The Morgan fingerprint density at radius 1 is 1.10 bits per heavy atom. The summed E-state index contributed by atoms with van der Waals surface area (Å²) < 4.78 is 20.7. The fourth-order valence-electron chi connectivity index (χ4n) is 2.64. The van der Waals surface area contributed by atoms with Crippen molar-refractivity contribution in [1.29, 1.82) is 0 Å². The summed E-state index contributed by atoms with van der Waals surface area (Å²) in [6.07, 6.45) is 0. The van der Waals surface area contributed by atoms with E-state index in [4.69, 9.17) is 23.8 Å². The van der Waals surface area contributed by atoms with Gasteiger partial charge < -0.3 is 29.1 Å². The highest BCUT2D eigenvalue weighted by Crippen LogP contribution is 2.32. The third kappa shape index (κ3) is 5.63. The number of benzene rings is 2. The number of esters is 1. The molecule has 1 heterocycles. The fraction of sp³-hybridized carbons (Fsp3) is 0.286. The summed E-state index contributed by atoms with van der Waals surface area (Å²) in [6, 6.07) is 12.7. The van der Waals surface area contributed by atoms with Crippen molar-refractivity contribution in [2.24, 2.45) is 5.16 Å². The minimum Gasteiger partial charge on any atom is -0.496 e. The average Bonchev–Trinajstić information content (AvgIpc) is 3.24. The molecular formula is C21H22N2O7. The van der Waals surface area contributed by atoms with Crippen molar-refractivity contribution in [1.82, 2.24) is 5.32 Å². The molecule has 0 fully saturated rings. The summed E-state index contributed by atoms with van der Waals surface area (Å²) in [5.41, 5.74) is 2.13. The van der Waals surface area contributed by atoms with Crippen molar-refractivity contribution < 1.29 is 33.4 Å². The molecular weight excluding hydrogens is 392 g/mol. The van der Waals surface area contributed by atoms with Gasteiger partial charge >= 0.3 is 5.97 Å². The van der Waals surface area contributed by atoms with Crippen molar-refractivity contribution in [2.75, 3.05) is 27.1 Å². The van der Waals surface area contributed by atoms with Gasteiger partial charge in [0.05, 0.1) is 12.8 Å². The second-order valence-electron chi connectivity index (χ2n) is 6.27. The lowest BCUT2D eigenvalue weighted by Gasteiger charge is -2.09. The van der Waals surface area contributed by atoms with Gasteiger partial charge in [-0.3, -0.25) is 4.79 Å². The number of nitrogens with zero attached hydrogens (tertiary/aromatic N) is 1. The topological polar surface area (TPSA) is 105 Å². The van der Waals surface area contributed by atoms with Crippen molar-refractivity contribution in [2.45, 2.75) is 13.5 Å². The van der Waals surface area contributed by atoms with E-state index in [0.29, 0.717) is 23.0 Å². The van der Waals surface area contributed by atoms with Gasteiger partial charge in [0.25, 0.3) is 5.91 Å². The van der Waals surface area contributed by atoms with E-state index < -0.39 is 25.1 Å². The van der Waals surface area contributed by atoms with Gasteiger partial charge in [0.2, 0.25) is 13.4 Å². The monoisotopic (exact) mass is 414 g/mol. The number of methoxy groups -OCH3 is 1. The number of fused-ring (bicyclic) bond motifs is 1. The Hall–Kier alpha value is -3.75. The molecule has 0 unspecified atom stereocenters. The maximum atomic E-state index is 11.9. The van der Waals surface area contributed by atoms with E-state index in [1.807, 2.05) is 18.2 Å². The molecule has 9 heteroatoms. The van der Waals surface area contributed by atoms with Gasteiger partial charge in [-0.05, 0) is 31.2 Å². The predicted octanol–water partition coefficient (Wildman–Crippen LogP) is 2.02. The molecule has 0 radical (unpaired) electrons. The summed E-state index contributed by atoms with van der Waals surface area (Å²) in [4.78, 5) is 28.6. The average molecular weight is 414 g/mol. The van der Waals surface area contributed by atoms with Crippen LogP contribution in [0.1, 0.15) is 18.1 Å². The molecule has 1 aliphatic rings. The van der Waals surface area contributed by atoms with Crippen LogP contribution in [0.5, 0.6) is 17.2 Å². The van der Waals surface area contributed by atoms with Crippen molar-refractivity contribution in [3.63, 3.8) is 0 Å². The number of hydrogen-bond donors (Lipinski definition) is 1. The Morgan fingerprint density at radius 3 is 2.73 bits per heavy atom. The molecule has 0 atom stereocenters. The quantitative estimate of drug-likeness (QED) is 0.380. The van der Waals surface area contributed by atoms with Gasteiger partial charge in [-0.25, -0.2) is 4.79 Å². The van der Waals surface area contributed by atoms with Crippen LogP contribution < -0.4 is 19.5 Å². The number of nitrogens with one attached hydrogen (secondary N) is 1. The van der Waals surface area contributed by atoms with E-state index in [1.165, 1.54) is 0 Å². The lowest BCUT2D eigenvalue weighted by molar-refractivity contribution is -0.152. The van der Waals surface area contributed by atoms with Crippen molar-refractivity contribution in [3.8, 4) is 17.2 Å². The number of rotatable bonds is 9. The largest absolute Gasteiger partial charge is 0.496 e. The molecule has 2 aromatic carbocycles. The molecule has 30 heavy (non-hydrogen) atoms. The summed E-state index contributed by atoms with van der Waals surface area (Å²) in [5, 5.41) is 6.55. The second kappa shape index (κ2) is 10.1. The standard InChI is InChI=1S/C21H22N2O7/c1-14(15-7-8-18-19(9-15)29-13-28-18)23-30-12-21(25)27-11-20(24)22-10-16-5-3-4-6-17(16)26-2/h3-9H,10-13H2,1-2H3,(H,22,24)/b23-14+. The summed E-state index contributed by atoms with van der Waals surface area (Å²) in [6.45, 7) is 1.34. The lowest BCUT2D eigenvalue weighted by atomic mass is 10.1. The molecule has 0 aliphatic carbocycles. The number of hydrogen-bond acceptors (Lipinski definition) is 8. The fourth-order valence-corrected chi connectivity index (χ4v) is 2.64. The molecule has 9 nitrogen and oxygen atoms in total. The highest BCUT2D eigenvalue weighted by atomic mass is 16.7. The first-order chi connectivity index (χ1) is 14.6. The molecule has 0 saturated carbocycles. The van der Waals surface area contributed by atoms with Gasteiger partial charge in [-0.15, -0.1) is 0 Å². The second-order valence-corrected chi connectivity index (χ2v) is 6.27. The Bertz CT molecular complexity index is 943. The maximum absolute atomic E-state index is 11.9. The van der Waals surface area contributed by atoms with Crippen LogP contribution in [0.25, 0.3) is 0 Å². The molecule has 1 aliphatic heterocycles. The molecule has 1 N–H and O–H groups in total. The van der Waals surface area contributed by atoms with E-state index in [-0.39, 0.29) is 13.3 Å². The Labute approximate surface area is 173 Å². The van der Waals surface area contributed by atoms with Gasteiger partial charge in [0.15, 0.2) is 18.1 Å². The summed E-state index contributed by atoms with van der Waals surface area (Å²) in [7, 11) is 1.55. The molecule has 0 spiro atoms. The van der Waals surface area contributed by atoms with Crippen molar-refractivity contribution >= 4 is 17.6 Å². The van der Waals surface area contributed by atoms with Crippen LogP contribution in [0.4, 0.5) is 0 Å². The zero-order valence-corrected chi connectivity index (χ0v) is 16.7. The maximum Gasteiger partial charge on any atom is 0.347 e. The highest BCUT2D eigenvalue weighted by Gasteiger charge is 2.14. The van der Waals surface area contributed by atoms with Crippen LogP contribution in [-0.2, 0) is 25.7 Å². The number of amides is 1. The highest BCUT2D eigenvalue weighted by molar-refractivity contribution is 5.99. The van der Waals surface area contributed by atoms with Crippen LogP contribution >= 0.6 is 0 Å². The third-order valence-corrected chi connectivity index (χ3v) is 4.21.